The summed E-state index contributed by atoms with van der Waals surface area (Å²) in [6.45, 7) is 9.60. The smallest absolute Gasteiger partial charge is 0.158 e. The first kappa shape index (κ1) is 16.0. The Hall–Kier alpha value is -1.36. The molecule has 1 aromatic heterocycles. The van der Waals surface area contributed by atoms with Gasteiger partial charge in [-0.15, -0.1) is 0 Å². The van der Waals surface area contributed by atoms with Gasteiger partial charge in [0.1, 0.15) is 18.2 Å². The second-order valence-corrected chi connectivity index (χ2v) is 6.84. The Morgan fingerprint density at radius 1 is 1.29 bits per heavy atom. The fourth-order valence-electron chi connectivity index (χ4n) is 2.94. The summed E-state index contributed by atoms with van der Waals surface area (Å²) in [5, 5.41) is 3.10. The lowest BCUT2D eigenvalue weighted by atomic mass is 9.75. The largest absolute Gasteiger partial charge is 0.377 e. The third-order valence-electron chi connectivity index (χ3n) is 4.33. The normalized spacial score (nSPS) is 17.1. The molecule has 1 saturated heterocycles. The van der Waals surface area contributed by atoms with Crippen molar-refractivity contribution in [3.05, 3.63) is 11.9 Å². The summed E-state index contributed by atoms with van der Waals surface area (Å²) in [6, 6.07) is 2.02. The average Bonchev–Trinajstić information content (AvgIpc) is 2.46. The number of ether oxygens (including phenoxy) is 1. The summed E-state index contributed by atoms with van der Waals surface area (Å²) >= 11 is 0. The Morgan fingerprint density at radius 2 is 1.95 bits per heavy atom. The van der Waals surface area contributed by atoms with Gasteiger partial charge in [-0.25, -0.2) is 9.97 Å². The minimum atomic E-state index is 0.398. The Labute approximate surface area is 128 Å². The van der Waals surface area contributed by atoms with Crippen molar-refractivity contribution in [2.75, 3.05) is 37.5 Å². The van der Waals surface area contributed by atoms with Crippen LogP contribution < -0.4 is 10.2 Å². The van der Waals surface area contributed by atoms with Crippen molar-refractivity contribution in [2.45, 2.75) is 40.2 Å². The fourth-order valence-corrected chi connectivity index (χ4v) is 2.94. The van der Waals surface area contributed by atoms with Crippen LogP contribution in [-0.2, 0) is 11.3 Å². The van der Waals surface area contributed by atoms with E-state index in [9.17, 15) is 0 Å². The molecule has 5 nitrogen and oxygen atoms in total. The predicted octanol–water partition coefficient (Wildman–Crippen LogP) is 2.93. The quantitative estimate of drug-likeness (QED) is 0.924. The van der Waals surface area contributed by atoms with Gasteiger partial charge in [0.25, 0.3) is 0 Å². The highest BCUT2D eigenvalue weighted by Gasteiger charge is 2.29. The van der Waals surface area contributed by atoms with Gasteiger partial charge in [-0.2, -0.15) is 0 Å². The molecule has 1 N–H and O–H groups in total. The molecule has 0 amide bonds. The molecule has 1 aliphatic rings. The first-order valence-corrected chi connectivity index (χ1v) is 7.73. The van der Waals surface area contributed by atoms with Gasteiger partial charge in [0.05, 0.1) is 0 Å². The van der Waals surface area contributed by atoms with Gasteiger partial charge >= 0.3 is 0 Å². The van der Waals surface area contributed by atoms with Gasteiger partial charge in [-0.05, 0) is 24.2 Å². The van der Waals surface area contributed by atoms with Crippen molar-refractivity contribution >= 4 is 11.6 Å². The maximum Gasteiger partial charge on any atom is 0.158 e. The van der Waals surface area contributed by atoms with E-state index < -0.39 is 0 Å². The molecule has 0 unspecified atom stereocenters. The van der Waals surface area contributed by atoms with Crippen LogP contribution in [0.2, 0.25) is 0 Å². The zero-order valence-corrected chi connectivity index (χ0v) is 13.9. The van der Waals surface area contributed by atoms with Crippen LogP contribution in [0.3, 0.4) is 0 Å². The topological polar surface area (TPSA) is 50.3 Å². The molecule has 2 heterocycles. The van der Waals surface area contributed by atoms with Gasteiger partial charge < -0.3 is 15.0 Å². The van der Waals surface area contributed by atoms with E-state index in [0.29, 0.717) is 12.0 Å². The van der Waals surface area contributed by atoms with E-state index in [1.807, 2.05) is 13.1 Å². The Bertz CT molecular complexity index is 462. The molecular formula is C16H28N4O. The summed E-state index contributed by atoms with van der Waals surface area (Å²) in [6.07, 6.45) is 2.45. The number of piperidine rings is 1. The second kappa shape index (κ2) is 6.60. The van der Waals surface area contributed by atoms with Gasteiger partial charge in [-0.1, -0.05) is 20.8 Å². The first-order valence-electron chi connectivity index (χ1n) is 7.73. The molecule has 1 fully saturated rings. The second-order valence-electron chi connectivity index (χ2n) is 6.84. The molecule has 0 aromatic carbocycles. The van der Waals surface area contributed by atoms with E-state index in [4.69, 9.17) is 4.74 Å². The molecule has 0 aliphatic carbocycles. The summed E-state index contributed by atoms with van der Waals surface area (Å²) in [7, 11) is 3.55. The molecule has 0 saturated carbocycles. The first-order chi connectivity index (χ1) is 9.94. The Morgan fingerprint density at radius 3 is 2.48 bits per heavy atom. The van der Waals surface area contributed by atoms with E-state index in [1.165, 1.54) is 12.8 Å². The summed E-state index contributed by atoms with van der Waals surface area (Å²) in [5.74, 6) is 3.38. The molecule has 0 atom stereocenters. The van der Waals surface area contributed by atoms with Crippen LogP contribution in [0.25, 0.3) is 0 Å². The van der Waals surface area contributed by atoms with Crippen molar-refractivity contribution in [3.8, 4) is 0 Å². The molecule has 118 valence electrons. The molecule has 5 heteroatoms. The van der Waals surface area contributed by atoms with Crippen LogP contribution in [0.1, 0.15) is 39.4 Å². The van der Waals surface area contributed by atoms with Crippen molar-refractivity contribution in [2.24, 2.45) is 11.3 Å². The molecule has 2 rings (SSSR count). The predicted molar refractivity (Wildman–Crippen MR) is 86.7 cm³/mol. The number of rotatable bonds is 4. The third-order valence-corrected chi connectivity index (χ3v) is 4.33. The molecule has 0 radical (unpaired) electrons. The monoisotopic (exact) mass is 292 g/mol. The lowest BCUT2D eigenvalue weighted by molar-refractivity contribution is 0.177. The highest BCUT2D eigenvalue weighted by molar-refractivity contribution is 5.49. The van der Waals surface area contributed by atoms with E-state index in [-0.39, 0.29) is 0 Å². The van der Waals surface area contributed by atoms with E-state index >= 15 is 0 Å². The van der Waals surface area contributed by atoms with E-state index in [1.54, 1.807) is 7.11 Å². The summed E-state index contributed by atoms with van der Waals surface area (Å²) in [4.78, 5) is 11.4. The van der Waals surface area contributed by atoms with E-state index in [0.717, 1.165) is 36.5 Å². The number of hydrogen-bond donors (Lipinski definition) is 1. The minimum absolute atomic E-state index is 0.398. The van der Waals surface area contributed by atoms with E-state index in [2.05, 4.69) is 41.0 Å². The molecule has 0 bridgehead atoms. The maximum atomic E-state index is 5.16. The number of anilines is 2. The standard InChI is InChI=1S/C16H28N4O/c1-16(2,3)12-6-8-20(9-7-12)15-10-13(17-4)18-14(19-15)11-21-5/h10,12H,6-9,11H2,1-5H3,(H,17,18,19). The molecule has 21 heavy (non-hydrogen) atoms. The Kier molecular flexibility index (Phi) is 5.04. The van der Waals surface area contributed by atoms with Crippen LogP contribution in [0, 0.1) is 11.3 Å². The lowest BCUT2D eigenvalue weighted by Crippen LogP contribution is -2.38. The zero-order valence-electron chi connectivity index (χ0n) is 13.9. The van der Waals surface area contributed by atoms with Gasteiger partial charge in [0.15, 0.2) is 5.82 Å². The number of nitrogens with zero attached hydrogens (tertiary/aromatic N) is 3. The molecular weight excluding hydrogens is 264 g/mol. The van der Waals surface area contributed by atoms with Crippen LogP contribution >= 0.6 is 0 Å². The van der Waals surface area contributed by atoms with Crippen molar-refractivity contribution in [1.82, 2.24) is 9.97 Å². The highest BCUT2D eigenvalue weighted by Crippen LogP contribution is 2.35. The SMILES string of the molecule is CNc1cc(N2CCC(C(C)(C)C)CC2)nc(COC)n1. The van der Waals surface area contributed by atoms with Crippen LogP contribution in [0.15, 0.2) is 6.07 Å². The highest BCUT2D eigenvalue weighted by atomic mass is 16.5. The Balaban J connectivity index is 2.10. The maximum absolute atomic E-state index is 5.16. The molecule has 1 aliphatic heterocycles. The van der Waals surface area contributed by atoms with Crippen molar-refractivity contribution < 1.29 is 4.74 Å². The number of aromatic nitrogens is 2. The zero-order chi connectivity index (χ0) is 15.5. The summed E-state index contributed by atoms with van der Waals surface area (Å²) in [5.41, 5.74) is 0.398. The number of nitrogens with one attached hydrogen (secondary N) is 1. The third kappa shape index (κ3) is 4.06. The van der Waals surface area contributed by atoms with Gasteiger partial charge in [-0.3, -0.25) is 0 Å². The molecule has 1 aromatic rings. The average molecular weight is 292 g/mol. The minimum Gasteiger partial charge on any atom is -0.377 e. The van der Waals surface area contributed by atoms with Crippen LogP contribution in [0.4, 0.5) is 11.6 Å². The van der Waals surface area contributed by atoms with Crippen molar-refractivity contribution in [1.29, 1.82) is 0 Å². The fraction of sp³-hybridized carbons (Fsp3) is 0.750. The number of hydrogen-bond acceptors (Lipinski definition) is 5. The van der Waals surface area contributed by atoms with Crippen molar-refractivity contribution in [3.63, 3.8) is 0 Å². The van der Waals surface area contributed by atoms with Crippen LogP contribution in [0.5, 0.6) is 0 Å². The summed E-state index contributed by atoms with van der Waals surface area (Å²) < 4.78 is 5.16. The van der Waals surface area contributed by atoms with Crippen LogP contribution in [-0.4, -0.2) is 37.2 Å². The van der Waals surface area contributed by atoms with Gasteiger partial charge in [0, 0.05) is 33.3 Å². The van der Waals surface area contributed by atoms with Gasteiger partial charge in [0.2, 0.25) is 0 Å². The molecule has 0 spiro atoms. The lowest BCUT2D eigenvalue weighted by Gasteiger charge is -2.39. The number of methoxy groups -OCH3 is 1.